The Morgan fingerprint density at radius 2 is 1.69 bits per heavy atom. The van der Waals surface area contributed by atoms with Gasteiger partial charge in [0, 0.05) is 11.7 Å². The largest absolute Gasteiger partial charge is 0.492 e. The standard InChI is InChI=1S/C28H40N2O5S/c1-27(2,3)35-26(31)30(24-14-16-28(4,5)17-15-24)18-19-34-25-12-10-21(11-13-25)22-8-7-9-23(20-22)29-36(6,32)33/h7-13,20,24,29H,14-19H2,1-6H3. The van der Waals surface area contributed by atoms with Crippen molar-refractivity contribution in [2.75, 3.05) is 24.1 Å². The summed E-state index contributed by atoms with van der Waals surface area (Å²) in [6, 6.07) is 15.0. The van der Waals surface area contributed by atoms with Crippen molar-refractivity contribution in [3.63, 3.8) is 0 Å². The van der Waals surface area contributed by atoms with Gasteiger partial charge < -0.3 is 14.4 Å². The van der Waals surface area contributed by atoms with E-state index in [9.17, 15) is 13.2 Å². The van der Waals surface area contributed by atoms with Crippen molar-refractivity contribution in [3.8, 4) is 16.9 Å². The van der Waals surface area contributed by atoms with E-state index >= 15 is 0 Å². The van der Waals surface area contributed by atoms with Gasteiger partial charge in [-0.15, -0.1) is 0 Å². The molecule has 0 aliphatic heterocycles. The average molecular weight is 517 g/mol. The van der Waals surface area contributed by atoms with Gasteiger partial charge in [0.2, 0.25) is 10.0 Å². The molecule has 2 aromatic carbocycles. The van der Waals surface area contributed by atoms with Crippen LogP contribution in [0.4, 0.5) is 10.5 Å². The number of carbonyl (C=O) groups is 1. The maximum Gasteiger partial charge on any atom is 0.410 e. The van der Waals surface area contributed by atoms with E-state index in [4.69, 9.17) is 9.47 Å². The normalized spacial score (nSPS) is 16.3. The Balaban J connectivity index is 1.62. The predicted octanol–water partition coefficient (Wildman–Crippen LogP) is 6.31. The Bertz CT molecular complexity index is 1130. The number of sulfonamides is 1. The first-order valence-corrected chi connectivity index (χ1v) is 14.4. The average Bonchev–Trinajstić information content (AvgIpc) is 2.75. The molecule has 3 rings (SSSR count). The molecule has 2 aromatic rings. The lowest BCUT2D eigenvalue weighted by Gasteiger charge is -2.40. The van der Waals surface area contributed by atoms with Crippen LogP contribution in [0.25, 0.3) is 11.1 Å². The minimum absolute atomic E-state index is 0.159. The minimum Gasteiger partial charge on any atom is -0.492 e. The summed E-state index contributed by atoms with van der Waals surface area (Å²) in [5.41, 5.74) is 2.12. The molecular weight excluding hydrogens is 476 g/mol. The number of benzene rings is 2. The van der Waals surface area contributed by atoms with Crippen LogP contribution in [0.2, 0.25) is 0 Å². The Hall–Kier alpha value is -2.74. The van der Waals surface area contributed by atoms with Gasteiger partial charge in [-0.3, -0.25) is 4.72 Å². The number of anilines is 1. The van der Waals surface area contributed by atoms with E-state index in [-0.39, 0.29) is 12.1 Å². The zero-order valence-electron chi connectivity index (χ0n) is 22.3. The van der Waals surface area contributed by atoms with Gasteiger partial charge in [0.05, 0.1) is 12.8 Å². The molecular formula is C28H40N2O5S. The molecule has 0 saturated heterocycles. The summed E-state index contributed by atoms with van der Waals surface area (Å²) in [4.78, 5) is 14.8. The second kappa shape index (κ2) is 11.1. The quantitative estimate of drug-likeness (QED) is 0.444. The molecule has 0 radical (unpaired) electrons. The topological polar surface area (TPSA) is 84.9 Å². The molecule has 0 atom stereocenters. The van der Waals surface area contributed by atoms with Gasteiger partial charge in [-0.25, -0.2) is 13.2 Å². The fraction of sp³-hybridized carbons (Fsp3) is 0.536. The summed E-state index contributed by atoms with van der Waals surface area (Å²) in [6.07, 6.45) is 4.95. The summed E-state index contributed by atoms with van der Waals surface area (Å²) < 4.78 is 37.2. The van der Waals surface area contributed by atoms with E-state index in [2.05, 4.69) is 18.6 Å². The number of nitrogens with one attached hydrogen (secondary N) is 1. The monoisotopic (exact) mass is 516 g/mol. The van der Waals surface area contributed by atoms with Crippen molar-refractivity contribution in [2.24, 2.45) is 5.41 Å². The Morgan fingerprint density at radius 3 is 2.28 bits per heavy atom. The molecule has 0 heterocycles. The summed E-state index contributed by atoms with van der Waals surface area (Å²) in [7, 11) is -3.34. The van der Waals surface area contributed by atoms with E-state index in [1.54, 1.807) is 12.1 Å². The van der Waals surface area contributed by atoms with Crippen LogP contribution in [-0.4, -0.2) is 50.5 Å². The van der Waals surface area contributed by atoms with Crippen molar-refractivity contribution in [1.29, 1.82) is 0 Å². The molecule has 0 bridgehead atoms. The predicted molar refractivity (Wildman–Crippen MR) is 145 cm³/mol. The van der Waals surface area contributed by atoms with Crippen LogP contribution in [0.15, 0.2) is 48.5 Å². The van der Waals surface area contributed by atoms with Crippen LogP contribution < -0.4 is 9.46 Å². The number of amides is 1. The van der Waals surface area contributed by atoms with E-state index in [0.29, 0.717) is 30.0 Å². The number of hydrogen-bond donors (Lipinski definition) is 1. The number of nitrogens with zero attached hydrogens (tertiary/aromatic N) is 1. The summed E-state index contributed by atoms with van der Waals surface area (Å²) >= 11 is 0. The molecule has 1 saturated carbocycles. The summed E-state index contributed by atoms with van der Waals surface area (Å²) in [6.45, 7) is 11.1. The highest BCUT2D eigenvalue weighted by Gasteiger charge is 2.34. The third-order valence-electron chi connectivity index (χ3n) is 6.33. The smallest absolute Gasteiger partial charge is 0.410 e. The lowest BCUT2D eigenvalue weighted by Crippen LogP contribution is -2.47. The van der Waals surface area contributed by atoms with Crippen LogP contribution in [-0.2, 0) is 14.8 Å². The van der Waals surface area contributed by atoms with Crippen molar-refractivity contribution in [2.45, 2.75) is 71.9 Å². The Kier molecular flexibility index (Phi) is 8.59. The maximum atomic E-state index is 13.0. The zero-order valence-corrected chi connectivity index (χ0v) is 23.2. The van der Waals surface area contributed by atoms with Gasteiger partial charge in [-0.05, 0) is 87.3 Å². The molecule has 36 heavy (non-hydrogen) atoms. The molecule has 0 aromatic heterocycles. The van der Waals surface area contributed by atoms with Crippen molar-refractivity contribution in [1.82, 2.24) is 4.90 Å². The number of hydrogen-bond acceptors (Lipinski definition) is 5. The highest BCUT2D eigenvalue weighted by Crippen LogP contribution is 2.37. The summed E-state index contributed by atoms with van der Waals surface area (Å²) in [5.74, 6) is 0.707. The molecule has 1 aliphatic rings. The third-order valence-corrected chi connectivity index (χ3v) is 6.94. The number of carbonyl (C=O) groups excluding carboxylic acids is 1. The van der Waals surface area contributed by atoms with Gasteiger partial charge in [0.15, 0.2) is 0 Å². The van der Waals surface area contributed by atoms with Gasteiger partial charge in [0.1, 0.15) is 18.0 Å². The second-order valence-corrected chi connectivity index (χ2v) is 13.1. The molecule has 1 N–H and O–H groups in total. The molecule has 1 amide bonds. The maximum absolute atomic E-state index is 13.0. The number of ether oxygens (including phenoxy) is 2. The van der Waals surface area contributed by atoms with Crippen LogP contribution in [0.3, 0.4) is 0 Å². The molecule has 198 valence electrons. The molecule has 0 spiro atoms. The first-order chi connectivity index (χ1) is 16.7. The number of rotatable bonds is 8. The lowest BCUT2D eigenvalue weighted by atomic mass is 9.75. The van der Waals surface area contributed by atoms with Gasteiger partial charge in [-0.2, -0.15) is 0 Å². The zero-order chi connectivity index (χ0) is 26.6. The molecule has 0 unspecified atom stereocenters. The van der Waals surface area contributed by atoms with Crippen LogP contribution in [0.5, 0.6) is 5.75 Å². The van der Waals surface area contributed by atoms with Crippen LogP contribution in [0.1, 0.15) is 60.3 Å². The highest BCUT2D eigenvalue weighted by molar-refractivity contribution is 7.92. The van der Waals surface area contributed by atoms with E-state index < -0.39 is 15.6 Å². The fourth-order valence-electron chi connectivity index (χ4n) is 4.42. The second-order valence-electron chi connectivity index (χ2n) is 11.4. The SMILES string of the molecule is CC1(C)CCC(N(CCOc2ccc(-c3cccc(NS(C)(=O)=O)c3)cc2)C(=O)OC(C)(C)C)CC1. The molecule has 1 aliphatic carbocycles. The van der Waals surface area contributed by atoms with Crippen molar-refractivity contribution in [3.05, 3.63) is 48.5 Å². The van der Waals surface area contributed by atoms with Crippen molar-refractivity contribution >= 4 is 21.8 Å². The third kappa shape index (κ3) is 8.73. The van der Waals surface area contributed by atoms with Gasteiger partial charge >= 0.3 is 6.09 Å². The minimum atomic E-state index is -3.34. The lowest BCUT2D eigenvalue weighted by molar-refractivity contribution is 0.00425. The summed E-state index contributed by atoms with van der Waals surface area (Å²) in [5, 5.41) is 0. The van der Waals surface area contributed by atoms with Gasteiger partial charge in [-0.1, -0.05) is 38.1 Å². The van der Waals surface area contributed by atoms with Gasteiger partial charge in [0.25, 0.3) is 0 Å². The van der Waals surface area contributed by atoms with Crippen LogP contribution >= 0.6 is 0 Å². The molecule has 1 fully saturated rings. The van der Waals surface area contributed by atoms with Crippen LogP contribution in [0, 0.1) is 5.41 Å². The fourth-order valence-corrected chi connectivity index (χ4v) is 4.98. The molecule has 7 nitrogen and oxygen atoms in total. The Morgan fingerprint density at radius 1 is 1.06 bits per heavy atom. The Labute approximate surface area is 216 Å². The first-order valence-electron chi connectivity index (χ1n) is 12.5. The molecule has 8 heteroatoms. The van der Waals surface area contributed by atoms with E-state index in [1.807, 2.05) is 62.1 Å². The van der Waals surface area contributed by atoms with E-state index in [1.165, 1.54) is 0 Å². The van der Waals surface area contributed by atoms with E-state index in [0.717, 1.165) is 43.1 Å². The van der Waals surface area contributed by atoms with Crippen molar-refractivity contribution < 1.29 is 22.7 Å². The first kappa shape index (κ1) is 27.8. The highest BCUT2D eigenvalue weighted by atomic mass is 32.2.